The van der Waals surface area contributed by atoms with Crippen molar-refractivity contribution in [2.45, 2.75) is 12.8 Å². The standard InChI is InChI=1S/C18H15N3O/c22-18-9-6-14-10-15(7-8-16(14)20-18)21-12-19-11-17(21)13-4-2-1-3-5-13/h1-5,7-8,10-12H,6,9H2,(H,20,22). The van der Waals surface area contributed by atoms with E-state index in [2.05, 4.69) is 33.1 Å². The van der Waals surface area contributed by atoms with Gasteiger partial charge in [0, 0.05) is 23.4 Å². The van der Waals surface area contributed by atoms with Crippen molar-refractivity contribution in [2.24, 2.45) is 0 Å². The van der Waals surface area contributed by atoms with E-state index in [1.807, 2.05) is 42.9 Å². The van der Waals surface area contributed by atoms with E-state index in [1.165, 1.54) is 5.56 Å². The van der Waals surface area contributed by atoms with Gasteiger partial charge in [0.15, 0.2) is 0 Å². The minimum Gasteiger partial charge on any atom is -0.326 e. The van der Waals surface area contributed by atoms with Gasteiger partial charge >= 0.3 is 0 Å². The zero-order valence-corrected chi connectivity index (χ0v) is 12.0. The molecule has 0 unspecified atom stereocenters. The number of anilines is 1. The van der Waals surface area contributed by atoms with Crippen LogP contribution in [0.5, 0.6) is 0 Å². The number of hydrogen-bond acceptors (Lipinski definition) is 2. The number of nitrogens with one attached hydrogen (secondary N) is 1. The number of aromatic nitrogens is 2. The Kier molecular flexibility index (Phi) is 3.00. The first-order chi connectivity index (χ1) is 10.8. The molecule has 1 aliphatic heterocycles. The highest BCUT2D eigenvalue weighted by Gasteiger charge is 2.16. The van der Waals surface area contributed by atoms with Crippen LogP contribution in [0.1, 0.15) is 12.0 Å². The largest absolute Gasteiger partial charge is 0.326 e. The molecule has 0 bridgehead atoms. The number of hydrogen-bond donors (Lipinski definition) is 1. The SMILES string of the molecule is O=C1CCc2cc(-n3cncc3-c3ccccc3)ccc2N1. The minimum atomic E-state index is 0.0906. The molecule has 4 heteroatoms. The zero-order chi connectivity index (χ0) is 14.9. The van der Waals surface area contributed by atoms with E-state index in [0.717, 1.165) is 29.1 Å². The zero-order valence-electron chi connectivity index (χ0n) is 12.0. The summed E-state index contributed by atoms with van der Waals surface area (Å²) < 4.78 is 2.08. The normalized spacial score (nSPS) is 13.5. The monoisotopic (exact) mass is 289 g/mol. The Hall–Kier alpha value is -2.88. The van der Waals surface area contributed by atoms with Gasteiger partial charge in [-0.05, 0) is 30.2 Å². The van der Waals surface area contributed by atoms with E-state index in [4.69, 9.17) is 0 Å². The minimum absolute atomic E-state index is 0.0906. The summed E-state index contributed by atoms with van der Waals surface area (Å²) in [5.74, 6) is 0.0906. The van der Waals surface area contributed by atoms with E-state index >= 15 is 0 Å². The third-order valence-electron chi connectivity index (χ3n) is 3.97. The average molecular weight is 289 g/mol. The van der Waals surface area contributed by atoms with E-state index in [0.29, 0.717) is 6.42 Å². The average Bonchev–Trinajstić information content (AvgIpc) is 3.05. The van der Waals surface area contributed by atoms with Crippen LogP contribution >= 0.6 is 0 Å². The summed E-state index contributed by atoms with van der Waals surface area (Å²) in [5.41, 5.74) is 5.34. The molecule has 4 rings (SSSR count). The van der Waals surface area contributed by atoms with E-state index < -0.39 is 0 Å². The number of amides is 1. The van der Waals surface area contributed by atoms with Gasteiger partial charge in [0.1, 0.15) is 0 Å². The van der Waals surface area contributed by atoms with Gasteiger partial charge in [0.2, 0.25) is 5.91 Å². The number of nitrogens with zero attached hydrogens (tertiary/aromatic N) is 2. The van der Waals surface area contributed by atoms with Crippen LogP contribution in [0.3, 0.4) is 0 Å². The smallest absolute Gasteiger partial charge is 0.224 e. The summed E-state index contributed by atoms with van der Waals surface area (Å²) in [6.07, 6.45) is 5.03. The Labute approximate surface area is 128 Å². The van der Waals surface area contributed by atoms with Crippen LogP contribution in [0.15, 0.2) is 61.1 Å². The van der Waals surface area contributed by atoms with Crippen molar-refractivity contribution in [3.63, 3.8) is 0 Å². The highest BCUT2D eigenvalue weighted by molar-refractivity contribution is 5.94. The number of benzene rings is 2. The first-order valence-electron chi connectivity index (χ1n) is 7.32. The number of imidazole rings is 1. The molecule has 1 N–H and O–H groups in total. The molecule has 0 saturated carbocycles. The summed E-state index contributed by atoms with van der Waals surface area (Å²) in [5, 5.41) is 2.91. The van der Waals surface area contributed by atoms with Gasteiger partial charge in [-0.25, -0.2) is 4.98 Å². The second kappa shape index (κ2) is 5.15. The fraction of sp³-hybridized carbons (Fsp3) is 0.111. The third kappa shape index (κ3) is 2.19. The molecule has 3 aromatic rings. The maximum Gasteiger partial charge on any atom is 0.224 e. The molecule has 1 aliphatic rings. The molecule has 2 aromatic carbocycles. The summed E-state index contributed by atoms with van der Waals surface area (Å²) in [6.45, 7) is 0. The number of carbonyl (C=O) groups is 1. The van der Waals surface area contributed by atoms with E-state index in [1.54, 1.807) is 0 Å². The van der Waals surface area contributed by atoms with Crippen molar-refractivity contribution >= 4 is 11.6 Å². The highest BCUT2D eigenvalue weighted by Crippen LogP contribution is 2.28. The second-order valence-electron chi connectivity index (χ2n) is 5.40. The molecule has 0 saturated heterocycles. The molecule has 22 heavy (non-hydrogen) atoms. The van der Waals surface area contributed by atoms with Crippen LogP contribution < -0.4 is 5.32 Å². The Morgan fingerprint density at radius 1 is 1.05 bits per heavy atom. The topological polar surface area (TPSA) is 46.9 Å². The van der Waals surface area contributed by atoms with Crippen molar-refractivity contribution in [1.29, 1.82) is 0 Å². The third-order valence-corrected chi connectivity index (χ3v) is 3.97. The van der Waals surface area contributed by atoms with Gasteiger partial charge in [-0.15, -0.1) is 0 Å². The summed E-state index contributed by atoms with van der Waals surface area (Å²) in [4.78, 5) is 15.7. The molecule has 0 spiro atoms. The van der Waals surface area contributed by atoms with Crippen LogP contribution in [0.25, 0.3) is 16.9 Å². The van der Waals surface area contributed by atoms with Crippen LogP contribution in [0.2, 0.25) is 0 Å². The molecule has 1 amide bonds. The molecule has 4 nitrogen and oxygen atoms in total. The lowest BCUT2D eigenvalue weighted by atomic mass is 10.0. The molecule has 108 valence electrons. The molecule has 0 radical (unpaired) electrons. The van der Waals surface area contributed by atoms with Crippen molar-refractivity contribution in [2.75, 3.05) is 5.32 Å². The van der Waals surface area contributed by atoms with Gasteiger partial charge < -0.3 is 5.32 Å². The molecule has 1 aromatic heterocycles. The van der Waals surface area contributed by atoms with Crippen LogP contribution in [-0.2, 0) is 11.2 Å². The first-order valence-corrected chi connectivity index (χ1v) is 7.32. The Bertz CT molecular complexity index is 837. The lowest BCUT2D eigenvalue weighted by Crippen LogP contribution is -2.19. The van der Waals surface area contributed by atoms with Gasteiger partial charge in [-0.2, -0.15) is 0 Å². The molecular formula is C18H15N3O. The number of fused-ring (bicyclic) bond motifs is 1. The Morgan fingerprint density at radius 2 is 1.91 bits per heavy atom. The molecule has 0 aliphatic carbocycles. The molecular weight excluding hydrogens is 274 g/mol. The van der Waals surface area contributed by atoms with Gasteiger partial charge in [0.05, 0.1) is 18.2 Å². The molecule has 0 fully saturated rings. The quantitative estimate of drug-likeness (QED) is 0.785. The predicted octanol–water partition coefficient (Wildman–Crippen LogP) is 3.42. The van der Waals surface area contributed by atoms with E-state index in [9.17, 15) is 4.79 Å². The lowest BCUT2D eigenvalue weighted by molar-refractivity contribution is -0.116. The molecule has 0 atom stereocenters. The van der Waals surface area contributed by atoms with Crippen molar-refractivity contribution in [3.05, 3.63) is 66.6 Å². The number of rotatable bonds is 2. The van der Waals surface area contributed by atoms with Crippen molar-refractivity contribution in [1.82, 2.24) is 9.55 Å². The second-order valence-corrected chi connectivity index (χ2v) is 5.40. The summed E-state index contributed by atoms with van der Waals surface area (Å²) in [6, 6.07) is 16.3. The van der Waals surface area contributed by atoms with Crippen LogP contribution in [0.4, 0.5) is 5.69 Å². The van der Waals surface area contributed by atoms with Crippen LogP contribution in [-0.4, -0.2) is 15.5 Å². The molecule has 2 heterocycles. The highest BCUT2D eigenvalue weighted by atomic mass is 16.1. The first kappa shape index (κ1) is 12.8. The van der Waals surface area contributed by atoms with E-state index in [-0.39, 0.29) is 5.91 Å². The fourth-order valence-electron chi connectivity index (χ4n) is 2.84. The van der Waals surface area contributed by atoms with Crippen molar-refractivity contribution in [3.8, 4) is 16.9 Å². The van der Waals surface area contributed by atoms with Gasteiger partial charge in [0.25, 0.3) is 0 Å². The van der Waals surface area contributed by atoms with Gasteiger partial charge in [-0.3, -0.25) is 9.36 Å². The predicted molar refractivity (Wildman–Crippen MR) is 86.0 cm³/mol. The Morgan fingerprint density at radius 3 is 2.77 bits per heavy atom. The summed E-state index contributed by atoms with van der Waals surface area (Å²) in [7, 11) is 0. The van der Waals surface area contributed by atoms with Crippen molar-refractivity contribution < 1.29 is 4.79 Å². The maximum atomic E-state index is 11.5. The summed E-state index contributed by atoms with van der Waals surface area (Å²) >= 11 is 0. The van der Waals surface area contributed by atoms with Gasteiger partial charge in [-0.1, -0.05) is 30.3 Å². The number of aryl methyl sites for hydroxylation is 1. The number of carbonyl (C=O) groups excluding carboxylic acids is 1. The Balaban J connectivity index is 1.78. The lowest BCUT2D eigenvalue weighted by Gasteiger charge is -2.18. The fourth-order valence-corrected chi connectivity index (χ4v) is 2.84. The maximum absolute atomic E-state index is 11.5. The van der Waals surface area contributed by atoms with Crippen LogP contribution in [0, 0.1) is 0 Å².